The van der Waals surface area contributed by atoms with Crippen LogP contribution in [0.3, 0.4) is 0 Å². The van der Waals surface area contributed by atoms with Crippen molar-refractivity contribution in [2.45, 2.75) is 6.92 Å². The molecule has 144 valence electrons. The maximum absolute atomic E-state index is 13.3. The number of nitrogens with one attached hydrogen (secondary N) is 1. The molecular weight excluding hydrogens is 358 g/mol. The molecular formula is C22H21NO5. The zero-order valence-corrected chi connectivity index (χ0v) is 16.2. The van der Waals surface area contributed by atoms with Crippen LogP contribution in [0.4, 0.5) is 0 Å². The number of methoxy groups -OCH3 is 3. The number of hydrogen-bond donors (Lipinski definition) is 1. The number of H-pyrrole nitrogens is 1. The van der Waals surface area contributed by atoms with Crippen molar-refractivity contribution in [2.75, 3.05) is 21.3 Å². The second kappa shape index (κ2) is 8.00. The van der Waals surface area contributed by atoms with Crippen LogP contribution < -0.4 is 14.2 Å². The van der Waals surface area contributed by atoms with Crippen LogP contribution >= 0.6 is 0 Å². The molecule has 0 aliphatic rings. The highest BCUT2D eigenvalue weighted by Gasteiger charge is 2.22. The topological polar surface area (TPSA) is 77.6 Å². The summed E-state index contributed by atoms with van der Waals surface area (Å²) in [4.78, 5) is 28.5. The Morgan fingerprint density at radius 1 is 0.857 bits per heavy atom. The number of rotatable bonds is 7. The van der Waals surface area contributed by atoms with Crippen LogP contribution in [-0.4, -0.2) is 37.9 Å². The molecule has 0 aliphatic carbocycles. The monoisotopic (exact) mass is 379 g/mol. The van der Waals surface area contributed by atoms with Gasteiger partial charge in [0.1, 0.15) is 0 Å². The number of hydrogen-bond acceptors (Lipinski definition) is 5. The van der Waals surface area contributed by atoms with E-state index >= 15 is 0 Å². The Morgan fingerprint density at radius 2 is 1.54 bits per heavy atom. The van der Waals surface area contributed by atoms with Crippen molar-refractivity contribution in [1.29, 1.82) is 0 Å². The third kappa shape index (κ3) is 3.49. The molecule has 1 aromatic heterocycles. The largest absolute Gasteiger partial charge is 0.493 e. The van der Waals surface area contributed by atoms with Crippen molar-refractivity contribution < 1.29 is 23.8 Å². The Hall–Kier alpha value is -3.54. The lowest BCUT2D eigenvalue weighted by molar-refractivity contribution is 0.0990. The van der Waals surface area contributed by atoms with Crippen LogP contribution in [-0.2, 0) is 0 Å². The predicted octanol–water partition coefficient (Wildman–Crippen LogP) is 4.14. The molecule has 6 heteroatoms. The first-order chi connectivity index (χ1) is 13.5. The van der Waals surface area contributed by atoms with Crippen molar-refractivity contribution in [3.63, 3.8) is 0 Å². The van der Waals surface area contributed by atoms with Gasteiger partial charge in [-0.1, -0.05) is 12.1 Å². The summed E-state index contributed by atoms with van der Waals surface area (Å²) >= 11 is 0. The van der Waals surface area contributed by atoms with E-state index in [9.17, 15) is 9.59 Å². The third-order valence-corrected chi connectivity index (χ3v) is 4.48. The number of aromatic amines is 1. The normalized spacial score (nSPS) is 10.4. The van der Waals surface area contributed by atoms with E-state index in [-0.39, 0.29) is 11.6 Å². The van der Waals surface area contributed by atoms with E-state index in [1.807, 2.05) is 18.2 Å². The fourth-order valence-corrected chi connectivity index (χ4v) is 3.08. The molecule has 6 nitrogen and oxygen atoms in total. The first-order valence-corrected chi connectivity index (χ1v) is 8.63. The van der Waals surface area contributed by atoms with Crippen molar-refractivity contribution in [2.24, 2.45) is 0 Å². The summed E-state index contributed by atoms with van der Waals surface area (Å²) in [6, 6.07) is 12.1. The van der Waals surface area contributed by atoms with Gasteiger partial charge in [-0.25, -0.2) is 0 Å². The number of ether oxygens (including phenoxy) is 3. The van der Waals surface area contributed by atoms with Crippen LogP contribution in [0, 0.1) is 0 Å². The quantitative estimate of drug-likeness (QED) is 0.624. The minimum atomic E-state index is -0.308. The molecule has 0 radical (unpaired) electrons. The van der Waals surface area contributed by atoms with Gasteiger partial charge in [0.15, 0.2) is 23.1 Å². The summed E-state index contributed by atoms with van der Waals surface area (Å²) in [5.41, 5.74) is 2.67. The molecule has 0 atom stereocenters. The van der Waals surface area contributed by atoms with Gasteiger partial charge in [0, 0.05) is 28.6 Å². The molecule has 0 saturated carbocycles. The van der Waals surface area contributed by atoms with E-state index in [0.29, 0.717) is 33.9 Å². The van der Waals surface area contributed by atoms with Crippen molar-refractivity contribution in [3.8, 4) is 28.5 Å². The van der Waals surface area contributed by atoms with Crippen molar-refractivity contribution in [3.05, 3.63) is 65.4 Å². The lowest BCUT2D eigenvalue weighted by atomic mass is 9.93. The van der Waals surface area contributed by atoms with Gasteiger partial charge in [-0.2, -0.15) is 0 Å². The minimum absolute atomic E-state index is 0.186. The molecule has 0 amide bonds. The molecule has 1 N–H and O–H groups in total. The van der Waals surface area contributed by atoms with Gasteiger partial charge in [0.2, 0.25) is 5.75 Å². The number of aromatic nitrogens is 1. The van der Waals surface area contributed by atoms with Crippen molar-refractivity contribution >= 4 is 11.6 Å². The summed E-state index contributed by atoms with van der Waals surface area (Å²) in [6.07, 6.45) is 1.80. The molecule has 0 spiro atoms. The number of ketones is 2. The van der Waals surface area contributed by atoms with E-state index < -0.39 is 0 Å². The second-order valence-electron chi connectivity index (χ2n) is 6.14. The molecule has 0 aliphatic heterocycles. The van der Waals surface area contributed by atoms with Gasteiger partial charge < -0.3 is 19.2 Å². The highest BCUT2D eigenvalue weighted by atomic mass is 16.5. The van der Waals surface area contributed by atoms with Gasteiger partial charge in [0.05, 0.1) is 21.3 Å². The Bertz CT molecular complexity index is 996. The number of carbonyl (C=O) groups excluding carboxylic acids is 2. The van der Waals surface area contributed by atoms with Crippen LogP contribution in [0.2, 0.25) is 0 Å². The number of benzene rings is 2. The molecule has 1 heterocycles. The average molecular weight is 379 g/mol. The van der Waals surface area contributed by atoms with Gasteiger partial charge in [-0.15, -0.1) is 0 Å². The Morgan fingerprint density at radius 3 is 2.04 bits per heavy atom. The lowest BCUT2D eigenvalue weighted by Gasteiger charge is -2.15. The maximum atomic E-state index is 13.3. The number of carbonyl (C=O) groups is 2. The van der Waals surface area contributed by atoms with E-state index in [2.05, 4.69) is 4.98 Å². The molecule has 28 heavy (non-hydrogen) atoms. The number of Topliss-reactive ketones (excluding diaryl/α,β-unsaturated/α-hetero) is 1. The van der Waals surface area contributed by atoms with E-state index in [1.54, 1.807) is 30.5 Å². The summed E-state index contributed by atoms with van der Waals surface area (Å²) in [6.45, 7) is 1.44. The molecule has 0 bridgehead atoms. The van der Waals surface area contributed by atoms with E-state index in [0.717, 1.165) is 11.3 Å². The Kier molecular flexibility index (Phi) is 5.49. The summed E-state index contributed by atoms with van der Waals surface area (Å²) in [5.74, 6) is 0.644. The zero-order valence-electron chi connectivity index (χ0n) is 16.2. The van der Waals surface area contributed by atoms with Gasteiger partial charge in [-0.05, 0) is 42.8 Å². The standard InChI is InChI=1S/C22H21NO5/c1-13(24)16-8-7-14(18-6-5-9-23-18)10-17(16)21(25)15-11-19(26-2)22(28-4)20(12-15)27-3/h5-12,23H,1-4H3. The van der Waals surface area contributed by atoms with Crippen LogP contribution in [0.15, 0.2) is 48.7 Å². The van der Waals surface area contributed by atoms with Crippen LogP contribution in [0.1, 0.15) is 33.2 Å². The first-order valence-electron chi connectivity index (χ1n) is 8.63. The van der Waals surface area contributed by atoms with Gasteiger partial charge in [0.25, 0.3) is 0 Å². The Balaban J connectivity index is 2.16. The Labute approximate surface area is 163 Å². The highest BCUT2D eigenvalue weighted by molar-refractivity contribution is 6.16. The van der Waals surface area contributed by atoms with Crippen LogP contribution in [0.25, 0.3) is 11.3 Å². The molecule has 0 saturated heterocycles. The van der Waals surface area contributed by atoms with Gasteiger partial charge in [-0.3, -0.25) is 9.59 Å². The van der Waals surface area contributed by atoms with Gasteiger partial charge >= 0.3 is 0 Å². The highest BCUT2D eigenvalue weighted by Crippen LogP contribution is 2.39. The molecule has 0 unspecified atom stereocenters. The SMILES string of the molecule is COc1cc(C(=O)c2cc(-c3ccc[nH]3)ccc2C(C)=O)cc(OC)c1OC. The fourth-order valence-electron chi connectivity index (χ4n) is 3.08. The molecule has 0 fully saturated rings. The fraction of sp³-hybridized carbons (Fsp3) is 0.182. The third-order valence-electron chi connectivity index (χ3n) is 4.48. The predicted molar refractivity (Wildman–Crippen MR) is 106 cm³/mol. The summed E-state index contributed by atoms with van der Waals surface area (Å²) in [5, 5.41) is 0. The molecule has 3 aromatic rings. The van der Waals surface area contributed by atoms with E-state index in [4.69, 9.17) is 14.2 Å². The molecule has 3 rings (SSSR count). The average Bonchev–Trinajstić information content (AvgIpc) is 3.26. The summed E-state index contributed by atoms with van der Waals surface area (Å²) in [7, 11) is 4.46. The zero-order chi connectivity index (χ0) is 20.3. The molecule has 2 aromatic carbocycles. The second-order valence-corrected chi connectivity index (χ2v) is 6.14. The summed E-state index contributed by atoms with van der Waals surface area (Å²) < 4.78 is 16.0. The lowest BCUT2D eigenvalue weighted by Crippen LogP contribution is -2.10. The maximum Gasteiger partial charge on any atom is 0.203 e. The van der Waals surface area contributed by atoms with Crippen molar-refractivity contribution in [1.82, 2.24) is 4.98 Å². The van der Waals surface area contributed by atoms with Crippen LogP contribution in [0.5, 0.6) is 17.2 Å². The smallest absolute Gasteiger partial charge is 0.203 e. The van der Waals surface area contributed by atoms with E-state index in [1.165, 1.54) is 28.3 Å². The minimum Gasteiger partial charge on any atom is -0.493 e. The first kappa shape index (κ1) is 19.2.